The van der Waals surface area contributed by atoms with Crippen LogP contribution >= 0.6 is 0 Å². The predicted octanol–water partition coefficient (Wildman–Crippen LogP) is 2.32. The Labute approximate surface area is 150 Å². The Morgan fingerprint density at radius 2 is 2.04 bits per heavy atom. The third kappa shape index (κ3) is 1.94. The molecule has 5 nitrogen and oxygen atoms in total. The number of benzene rings is 2. The predicted molar refractivity (Wildman–Crippen MR) is 94.4 cm³/mol. The number of fused-ring (bicyclic) bond motifs is 2. The summed E-state index contributed by atoms with van der Waals surface area (Å²) in [6, 6.07) is 9.06. The van der Waals surface area contributed by atoms with E-state index < -0.39 is 5.79 Å². The van der Waals surface area contributed by atoms with E-state index in [0.29, 0.717) is 17.7 Å². The van der Waals surface area contributed by atoms with Gasteiger partial charge in [0.1, 0.15) is 23.0 Å². The van der Waals surface area contributed by atoms with Crippen molar-refractivity contribution in [1.82, 2.24) is 0 Å². The van der Waals surface area contributed by atoms with Gasteiger partial charge in [-0.1, -0.05) is 18.2 Å². The third-order valence-electron chi connectivity index (χ3n) is 5.34. The molecular weight excluding hydrogens is 332 g/mol. The van der Waals surface area contributed by atoms with Gasteiger partial charge < -0.3 is 19.3 Å². The fourth-order valence-electron chi connectivity index (χ4n) is 4.22. The largest absolute Gasteiger partial charge is 0.507 e. The molecule has 1 spiro atoms. The number of phenols is 1. The molecule has 0 amide bonds. The van der Waals surface area contributed by atoms with E-state index >= 15 is 0 Å². The number of rotatable bonds is 1. The summed E-state index contributed by atoms with van der Waals surface area (Å²) in [7, 11) is 1.54. The van der Waals surface area contributed by atoms with E-state index in [9.17, 15) is 9.90 Å². The molecule has 26 heavy (non-hydrogen) atoms. The second kappa shape index (κ2) is 5.27. The first-order valence-electron chi connectivity index (χ1n) is 8.77. The van der Waals surface area contributed by atoms with Crippen LogP contribution in [0.5, 0.6) is 17.2 Å². The van der Waals surface area contributed by atoms with Crippen LogP contribution in [0.1, 0.15) is 41.6 Å². The molecule has 0 saturated heterocycles. The van der Waals surface area contributed by atoms with E-state index in [-0.39, 0.29) is 23.5 Å². The van der Waals surface area contributed by atoms with Gasteiger partial charge in [0.15, 0.2) is 5.78 Å². The Bertz CT molecular complexity index is 1070. The molecule has 1 atom stereocenters. The van der Waals surface area contributed by atoms with Gasteiger partial charge in [-0.2, -0.15) is 0 Å². The summed E-state index contributed by atoms with van der Waals surface area (Å²) in [6.07, 6.45) is 4.46. The number of hydrogen-bond donors (Lipinski definition) is 1. The van der Waals surface area contributed by atoms with Crippen LogP contribution in [0, 0.1) is 0 Å². The van der Waals surface area contributed by atoms with Gasteiger partial charge in [-0.05, 0) is 29.8 Å². The molecule has 0 fully saturated rings. The van der Waals surface area contributed by atoms with E-state index in [2.05, 4.69) is 6.08 Å². The summed E-state index contributed by atoms with van der Waals surface area (Å²) in [6.45, 7) is 0. The van der Waals surface area contributed by atoms with E-state index in [4.69, 9.17) is 14.2 Å². The number of aromatic hydroxyl groups is 1. The van der Waals surface area contributed by atoms with Crippen molar-refractivity contribution in [3.05, 3.63) is 51.9 Å². The van der Waals surface area contributed by atoms with Gasteiger partial charge in [-0.25, -0.2) is 0 Å². The van der Waals surface area contributed by atoms with Crippen molar-refractivity contribution in [1.29, 1.82) is 0 Å². The molecule has 132 valence electrons. The zero-order chi connectivity index (χ0) is 17.9. The standard InChI is InChI=1S/C21H18O5/c1-24-17-9-8-13(22)19-14(23)10-11-21(20(17)19)25-15-6-2-4-12-5-3-7-16(26-21)18(12)15/h2,4-6,8-9,22H,3,7,10-11H2,1H3. The number of phenolic OH excluding ortho intramolecular Hbond substituents is 1. The molecule has 0 bridgehead atoms. The van der Waals surface area contributed by atoms with E-state index in [1.165, 1.54) is 13.2 Å². The van der Waals surface area contributed by atoms with Gasteiger partial charge in [-0.15, -0.1) is 0 Å². The lowest BCUT2D eigenvalue weighted by Gasteiger charge is -2.42. The highest BCUT2D eigenvalue weighted by atomic mass is 16.7. The highest BCUT2D eigenvalue weighted by Gasteiger charge is 2.50. The fourth-order valence-corrected chi connectivity index (χ4v) is 4.22. The van der Waals surface area contributed by atoms with Crippen molar-refractivity contribution in [2.45, 2.75) is 31.5 Å². The van der Waals surface area contributed by atoms with Crippen molar-refractivity contribution in [3.8, 4) is 17.2 Å². The van der Waals surface area contributed by atoms with Gasteiger partial charge in [-0.3, -0.25) is 4.79 Å². The van der Waals surface area contributed by atoms with Crippen LogP contribution in [-0.4, -0.2) is 18.0 Å². The quantitative estimate of drug-likeness (QED) is 0.855. The van der Waals surface area contributed by atoms with Crippen LogP contribution in [-0.2, 0) is 10.5 Å². The van der Waals surface area contributed by atoms with Crippen LogP contribution in [0.15, 0.2) is 30.3 Å². The molecule has 5 heteroatoms. The minimum Gasteiger partial charge on any atom is -0.507 e. The number of ketones is 1. The summed E-state index contributed by atoms with van der Waals surface area (Å²) in [5.41, 5.74) is 0.715. The zero-order valence-electron chi connectivity index (χ0n) is 14.4. The molecular formula is C21H18O5. The smallest absolute Gasteiger partial charge is 0.282 e. The highest BCUT2D eigenvalue weighted by molar-refractivity contribution is 6.02. The average Bonchev–Trinajstić information content (AvgIpc) is 2.65. The van der Waals surface area contributed by atoms with Crippen molar-refractivity contribution in [2.75, 3.05) is 7.11 Å². The molecule has 2 aliphatic carbocycles. The Balaban J connectivity index is 1.79. The Kier molecular flexibility index (Phi) is 3.11. The van der Waals surface area contributed by atoms with Crippen molar-refractivity contribution >= 4 is 17.6 Å². The molecule has 1 aliphatic heterocycles. The molecule has 2 aromatic rings. The monoisotopic (exact) mass is 350 g/mol. The van der Waals surface area contributed by atoms with E-state index in [1.807, 2.05) is 18.2 Å². The number of carbonyl (C=O) groups is 1. The lowest BCUT2D eigenvalue weighted by Crippen LogP contribution is -2.48. The molecule has 0 aromatic heterocycles. The number of ether oxygens (including phenoxy) is 3. The van der Waals surface area contributed by atoms with Crippen molar-refractivity contribution in [3.63, 3.8) is 0 Å². The van der Waals surface area contributed by atoms with E-state index in [1.54, 1.807) is 6.07 Å². The lowest BCUT2D eigenvalue weighted by molar-refractivity contribution is -0.162. The summed E-state index contributed by atoms with van der Waals surface area (Å²) in [5, 5.41) is 12.4. The fraction of sp³-hybridized carbons (Fsp3) is 0.286. The minimum atomic E-state index is -1.16. The summed E-state index contributed by atoms with van der Waals surface area (Å²) < 4.78 is 18.3. The van der Waals surface area contributed by atoms with Gasteiger partial charge in [0, 0.05) is 19.3 Å². The highest BCUT2D eigenvalue weighted by Crippen LogP contribution is 2.49. The molecule has 2 aromatic carbocycles. The molecule has 1 unspecified atom stereocenters. The molecule has 1 heterocycles. The van der Waals surface area contributed by atoms with Gasteiger partial charge in [0.05, 0.1) is 23.5 Å². The maximum Gasteiger partial charge on any atom is 0.282 e. The third-order valence-corrected chi connectivity index (χ3v) is 5.34. The molecule has 1 N–H and O–H groups in total. The Morgan fingerprint density at radius 3 is 2.88 bits per heavy atom. The van der Waals surface area contributed by atoms with Crippen molar-refractivity contribution < 1.29 is 24.1 Å². The summed E-state index contributed by atoms with van der Waals surface area (Å²) >= 11 is 0. The summed E-state index contributed by atoms with van der Waals surface area (Å²) in [4.78, 5) is 12.5. The van der Waals surface area contributed by atoms with Crippen LogP contribution < -0.4 is 19.9 Å². The minimum absolute atomic E-state index is 0.0707. The first-order valence-corrected chi connectivity index (χ1v) is 8.77. The van der Waals surface area contributed by atoms with Crippen LogP contribution in [0.3, 0.4) is 0 Å². The van der Waals surface area contributed by atoms with Crippen LogP contribution in [0.2, 0.25) is 0 Å². The zero-order valence-corrected chi connectivity index (χ0v) is 14.4. The normalized spacial score (nSPS) is 22.7. The van der Waals surface area contributed by atoms with Crippen LogP contribution in [0.4, 0.5) is 0 Å². The second-order valence-corrected chi connectivity index (χ2v) is 6.80. The Hall–Kier alpha value is -2.95. The first kappa shape index (κ1) is 15.3. The van der Waals surface area contributed by atoms with E-state index in [0.717, 1.165) is 34.8 Å². The lowest BCUT2D eigenvalue weighted by atomic mass is 9.83. The Morgan fingerprint density at radius 1 is 1.15 bits per heavy atom. The average molecular weight is 350 g/mol. The number of carbonyl (C=O) groups excluding carboxylic acids is 1. The SMILES string of the molecule is COc1ccc(O)c2c1C1(CCC2=O)OC2=c3c(cccc3=CCC2)O1. The number of hydrogen-bond acceptors (Lipinski definition) is 5. The number of Topliss-reactive ketones (excluding diaryl/α,β-unsaturated/α-hetero) is 1. The van der Waals surface area contributed by atoms with Crippen LogP contribution in [0.25, 0.3) is 11.8 Å². The number of methoxy groups -OCH3 is 1. The maximum atomic E-state index is 12.5. The molecule has 0 saturated carbocycles. The van der Waals surface area contributed by atoms with Gasteiger partial charge >= 0.3 is 0 Å². The van der Waals surface area contributed by atoms with Gasteiger partial charge in [0.2, 0.25) is 0 Å². The first-order chi connectivity index (χ1) is 12.6. The summed E-state index contributed by atoms with van der Waals surface area (Å²) in [5.74, 6) is 0.731. The van der Waals surface area contributed by atoms with Crippen molar-refractivity contribution in [2.24, 2.45) is 0 Å². The molecule has 0 radical (unpaired) electrons. The second-order valence-electron chi connectivity index (χ2n) is 6.80. The molecule has 5 rings (SSSR count). The van der Waals surface area contributed by atoms with Gasteiger partial charge in [0.25, 0.3) is 5.79 Å². The molecule has 3 aliphatic rings. The maximum absolute atomic E-state index is 12.5. The topological polar surface area (TPSA) is 65.0 Å².